The van der Waals surface area contributed by atoms with Crippen LogP contribution in [0.3, 0.4) is 0 Å². The van der Waals surface area contributed by atoms with Crippen molar-refractivity contribution >= 4 is 41.0 Å². The molecule has 0 fully saturated rings. The molecular weight excluding hydrogens is 456 g/mol. The fraction of sp³-hybridized carbons (Fsp3) is 0. The van der Waals surface area contributed by atoms with E-state index in [0.717, 1.165) is 0 Å². The first-order valence-corrected chi connectivity index (χ1v) is 8.13. The van der Waals surface area contributed by atoms with Crippen molar-refractivity contribution in [2.75, 3.05) is 0 Å². The van der Waals surface area contributed by atoms with Crippen LogP contribution in [0, 0.1) is 12.4 Å². The fourth-order valence-electron chi connectivity index (χ4n) is 1.94. The average Bonchev–Trinajstić information content (AvgIpc) is 2.69. The monoisotopic (exact) mass is 470 g/mol. The van der Waals surface area contributed by atoms with Crippen molar-refractivity contribution in [2.45, 2.75) is 0 Å². The quantitative estimate of drug-likeness (QED) is 0.399. The summed E-state index contributed by atoms with van der Waals surface area (Å²) < 4.78 is 0. The summed E-state index contributed by atoms with van der Waals surface area (Å²) in [5, 5.41) is 57.0. The molecule has 3 aromatic carbocycles. The van der Waals surface area contributed by atoms with Crippen molar-refractivity contribution in [3.05, 3.63) is 89.5 Å². The Hall–Kier alpha value is -3.47. The molecule has 9 nitrogen and oxygen atoms in total. The van der Waals surface area contributed by atoms with Crippen molar-refractivity contribution in [1.29, 1.82) is 0 Å². The molecular formula is C21H15ClMgO9. The Morgan fingerprint density at radius 2 is 0.688 bits per heavy atom. The molecule has 0 spiro atoms. The largest absolute Gasteiger partial charge is 2.00 e. The molecule has 0 bridgehead atoms. The zero-order chi connectivity index (χ0) is 22.7. The summed E-state index contributed by atoms with van der Waals surface area (Å²) in [4.78, 5) is 30.5. The van der Waals surface area contributed by atoms with Gasteiger partial charge in [-0.15, -0.1) is 0 Å². The van der Waals surface area contributed by atoms with Gasteiger partial charge in [0.2, 0.25) is 0 Å². The van der Waals surface area contributed by atoms with Crippen LogP contribution in [-0.2, 0) is 0 Å². The Balaban J connectivity index is 0. The van der Waals surface area contributed by atoms with Gasteiger partial charge >= 0.3 is 35.5 Å². The SMILES string of the molecule is O=C([O-])c1ccccc1O.O=C([O-])c1ccccc1O.O=C([O-])c1ccccc1O.[Cl+].[Mg+2]. The third-order valence-corrected chi connectivity index (χ3v) is 3.37. The predicted molar refractivity (Wildman–Crippen MR) is 103 cm³/mol. The fourth-order valence-corrected chi connectivity index (χ4v) is 1.94. The van der Waals surface area contributed by atoms with E-state index in [1.54, 1.807) is 18.2 Å². The van der Waals surface area contributed by atoms with Crippen LogP contribution in [0.25, 0.3) is 0 Å². The molecule has 0 saturated heterocycles. The standard InChI is InChI=1S/3C7H6O3.Cl.Mg/c3*8-6-4-2-1-3-5(6)7(9)10;;/h3*1-4,8H,(H,9,10);;/q;;;+1;+2/p-3. The molecule has 0 heterocycles. The Morgan fingerprint density at radius 1 is 0.500 bits per heavy atom. The molecule has 0 aromatic heterocycles. The summed E-state index contributed by atoms with van der Waals surface area (Å²) in [6.07, 6.45) is 0. The number of carbonyl (C=O) groups excluding carboxylic acids is 3. The predicted octanol–water partition coefficient (Wildman–Crippen LogP) is -1.11. The van der Waals surface area contributed by atoms with Gasteiger partial charge < -0.3 is 45.0 Å². The average molecular weight is 471 g/mol. The van der Waals surface area contributed by atoms with E-state index in [-0.39, 0.29) is 69.4 Å². The van der Waals surface area contributed by atoms with Crippen LogP contribution in [0.15, 0.2) is 72.8 Å². The minimum Gasteiger partial charge on any atom is -0.545 e. The van der Waals surface area contributed by atoms with Gasteiger partial charge in [-0.05, 0) is 36.4 Å². The van der Waals surface area contributed by atoms with Crippen LogP contribution < -0.4 is 15.3 Å². The number of benzene rings is 3. The number of aromatic carboxylic acids is 3. The smallest absolute Gasteiger partial charge is 0.545 e. The molecule has 0 saturated carbocycles. The van der Waals surface area contributed by atoms with Crippen LogP contribution in [0.4, 0.5) is 0 Å². The van der Waals surface area contributed by atoms with Crippen molar-refractivity contribution in [3.8, 4) is 17.2 Å². The molecule has 3 aromatic rings. The van der Waals surface area contributed by atoms with Crippen LogP contribution in [0.1, 0.15) is 31.1 Å². The number of rotatable bonds is 3. The van der Waals surface area contributed by atoms with Crippen LogP contribution in [0.2, 0.25) is 0 Å². The Morgan fingerprint density at radius 3 is 0.812 bits per heavy atom. The van der Waals surface area contributed by atoms with Crippen LogP contribution in [-0.4, -0.2) is 56.3 Å². The number of carboxylic acids is 3. The Labute approximate surface area is 204 Å². The van der Waals surface area contributed by atoms with E-state index in [2.05, 4.69) is 0 Å². The van der Waals surface area contributed by atoms with Crippen molar-refractivity contribution in [1.82, 2.24) is 0 Å². The number of aromatic hydroxyl groups is 3. The van der Waals surface area contributed by atoms with Crippen LogP contribution >= 0.6 is 0 Å². The van der Waals surface area contributed by atoms with Gasteiger partial charge in [0.05, 0.1) is 17.9 Å². The molecule has 32 heavy (non-hydrogen) atoms. The molecule has 0 aliphatic heterocycles. The van der Waals surface area contributed by atoms with E-state index in [9.17, 15) is 29.7 Å². The maximum atomic E-state index is 10.2. The first-order valence-electron chi connectivity index (χ1n) is 8.13. The maximum Gasteiger partial charge on any atom is 2.00 e. The molecule has 11 heteroatoms. The van der Waals surface area contributed by atoms with Crippen LogP contribution in [0.5, 0.6) is 17.2 Å². The van der Waals surface area contributed by atoms with Gasteiger partial charge in [-0.25, -0.2) is 0 Å². The summed E-state index contributed by atoms with van der Waals surface area (Å²) >= 11 is 0. The van der Waals surface area contributed by atoms with Crippen molar-refractivity contribution in [3.63, 3.8) is 0 Å². The molecule has 0 aliphatic carbocycles. The molecule has 162 valence electrons. The van der Waals surface area contributed by atoms with Gasteiger partial charge in [-0.1, -0.05) is 36.4 Å². The second-order valence-electron chi connectivity index (χ2n) is 5.41. The Bertz CT molecular complexity index is 909. The molecule has 0 atom stereocenters. The minimum atomic E-state index is -1.36. The number of phenols is 3. The number of para-hydroxylation sites is 3. The van der Waals surface area contributed by atoms with E-state index in [4.69, 9.17) is 15.3 Å². The third kappa shape index (κ3) is 10.0. The van der Waals surface area contributed by atoms with Gasteiger partial charge in [0.15, 0.2) is 0 Å². The zero-order valence-electron chi connectivity index (χ0n) is 16.3. The van der Waals surface area contributed by atoms with Crippen molar-refractivity contribution in [2.24, 2.45) is 0 Å². The summed E-state index contributed by atoms with van der Waals surface area (Å²) in [7, 11) is 0. The number of hydrogen-bond donors (Lipinski definition) is 3. The van der Waals surface area contributed by atoms with E-state index in [0.29, 0.717) is 0 Å². The summed E-state index contributed by atoms with van der Waals surface area (Å²) in [5.41, 5.74) is -0.535. The molecule has 2 radical (unpaired) electrons. The maximum absolute atomic E-state index is 10.2. The number of carboxylic acid groups (broad SMARTS) is 3. The number of carbonyl (C=O) groups is 3. The molecule has 0 unspecified atom stereocenters. The van der Waals surface area contributed by atoms with Gasteiger partial charge in [0.1, 0.15) is 17.2 Å². The second kappa shape index (κ2) is 15.3. The van der Waals surface area contributed by atoms with E-state index >= 15 is 0 Å². The molecule has 0 aliphatic rings. The van der Waals surface area contributed by atoms with Gasteiger partial charge in [-0.3, -0.25) is 0 Å². The second-order valence-corrected chi connectivity index (χ2v) is 5.41. The van der Waals surface area contributed by atoms with Gasteiger partial charge in [-0.2, -0.15) is 0 Å². The number of hydrogen-bond acceptors (Lipinski definition) is 9. The topological polar surface area (TPSA) is 181 Å². The minimum absolute atomic E-state index is 0. The molecule has 3 N–H and O–H groups in total. The van der Waals surface area contributed by atoms with Gasteiger partial charge in [0.25, 0.3) is 0 Å². The van der Waals surface area contributed by atoms with E-state index in [1.807, 2.05) is 0 Å². The molecule has 0 amide bonds. The third-order valence-electron chi connectivity index (χ3n) is 3.37. The van der Waals surface area contributed by atoms with Crippen molar-refractivity contribution < 1.29 is 57.4 Å². The van der Waals surface area contributed by atoms with E-state index in [1.165, 1.54) is 54.6 Å². The normalized spacial score (nSPS) is 8.62. The zero-order valence-corrected chi connectivity index (χ0v) is 18.5. The van der Waals surface area contributed by atoms with E-state index < -0.39 is 17.9 Å². The first-order chi connectivity index (χ1) is 14.1. The van der Waals surface area contributed by atoms with Gasteiger partial charge in [0, 0.05) is 16.7 Å². The number of halogens is 1. The Kier molecular flexibility index (Phi) is 14.7. The summed E-state index contributed by atoms with van der Waals surface area (Å²) in [5.74, 6) is -4.87. The summed E-state index contributed by atoms with van der Waals surface area (Å²) in [6, 6.07) is 16.9. The molecule has 3 rings (SSSR count). The first kappa shape index (κ1) is 30.7. The summed E-state index contributed by atoms with van der Waals surface area (Å²) in [6.45, 7) is 0.